The number of esters is 1. The normalized spacial score (nSPS) is 17.1. The molecule has 1 aromatic carbocycles. The molecule has 2 heterocycles. The first-order valence-electron chi connectivity index (χ1n) is 7.08. The third-order valence-corrected chi connectivity index (χ3v) is 4.34. The zero-order valence-corrected chi connectivity index (χ0v) is 14.4. The van der Waals surface area contributed by atoms with Crippen LogP contribution in [0.1, 0.15) is 17.2 Å². The number of hydrogen-bond donors (Lipinski definition) is 1. The van der Waals surface area contributed by atoms with Crippen molar-refractivity contribution in [2.24, 2.45) is 0 Å². The first-order chi connectivity index (χ1) is 11.9. The van der Waals surface area contributed by atoms with Gasteiger partial charge >= 0.3 is 12.1 Å². The predicted octanol–water partition coefficient (Wildman–Crippen LogP) is 3.13. The fraction of sp³-hybridized carbons (Fsp3) is 0.267. The Balaban J connectivity index is 2.29. The van der Waals surface area contributed by atoms with Crippen molar-refractivity contribution >= 4 is 27.8 Å². The number of aromatic nitrogens is 3. The zero-order chi connectivity index (χ0) is 18.2. The van der Waals surface area contributed by atoms with Gasteiger partial charge in [0, 0.05) is 11.0 Å². The van der Waals surface area contributed by atoms with Crippen LogP contribution in [0.15, 0.2) is 41.9 Å². The number of ether oxygens (including phenoxy) is 1. The second-order valence-electron chi connectivity index (χ2n) is 5.16. The Hall–Kier alpha value is -2.36. The topological polar surface area (TPSA) is 69.0 Å². The number of carbonyl (C=O) groups excluding carboxylic acids is 1. The molecule has 0 spiro atoms. The molecule has 0 amide bonds. The van der Waals surface area contributed by atoms with Gasteiger partial charge in [-0.05, 0) is 11.6 Å². The number of methoxy groups -OCH3 is 1. The third kappa shape index (κ3) is 3.01. The molecule has 0 saturated heterocycles. The van der Waals surface area contributed by atoms with Crippen molar-refractivity contribution in [2.45, 2.75) is 12.2 Å². The van der Waals surface area contributed by atoms with Crippen LogP contribution < -0.4 is 5.32 Å². The highest BCUT2D eigenvalue weighted by atomic mass is 79.9. The number of alkyl halides is 4. The minimum absolute atomic E-state index is 0.0362. The Morgan fingerprint density at radius 3 is 2.76 bits per heavy atom. The van der Waals surface area contributed by atoms with Gasteiger partial charge in [-0.1, -0.05) is 34.1 Å². The van der Waals surface area contributed by atoms with E-state index in [0.29, 0.717) is 5.70 Å². The van der Waals surface area contributed by atoms with Crippen molar-refractivity contribution < 1.29 is 22.7 Å². The lowest BCUT2D eigenvalue weighted by Crippen LogP contribution is -2.31. The molecule has 0 bridgehead atoms. The monoisotopic (exact) mass is 416 g/mol. The lowest BCUT2D eigenvalue weighted by atomic mass is 9.92. The van der Waals surface area contributed by atoms with Crippen LogP contribution in [-0.4, -0.2) is 33.2 Å². The van der Waals surface area contributed by atoms with Crippen LogP contribution in [0.5, 0.6) is 0 Å². The van der Waals surface area contributed by atoms with Crippen molar-refractivity contribution in [3.8, 4) is 0 Å². The summed E-state index contributed by atoms with van der Waals surface area (Å²) in [5.41, 5.74) is -0.552. The van der Waals surface area contributed by atoms with Gasteiger partial charge in [-0.15, -0.1) is 0 Å². The number of carbonyl (C=O) groups is 1. The molecule has 3 rings (SSSR count). The van der Waals surface area contributed by atoms with Crippen LogP contribution in [0, 0.1) is 0 Å². The maximum absolute atomic E-state index is 13.5. The highest BCUT2D eigenvalue weighted by Crippen LogP contribution is 2.41. The lowest BCUT2D eigenvalue weighted by molar-refractivity contribution is -0.140. The molecule has 25 heavy (non-hydrogen) atoms. The van der Waals surface area contributed by atoms with E-state index >= 15 is 0 Å². The van der Waals surface area contributed by atoms with Gasteiger partial charge in [0.25, 0.3) is 0 Å². The predicted molar refractivity (Wildman–Crippen MR) is 86.1 cm³/mol. The van der Waals surface area contributed by atoms with E-state index in [1.165, 1.54) is 36.3 Å². The molecule has 0 saturated carbocycles. The SMILES string of the molecule is COC(=O)C1=C(CBr)Nc2ncnn2C1c1ccccc1C(F)(F)F. The van der Waals surface area contributed by atoms with E-state index < -0.39 is 23.8 Å². The number of allylic oxidation sites excluding steroid dienone is 1. The smallest absolute Gasteiger partial charge is 0.416 e. The van der Waals surface area contributed by atoms with Crippen LogP contribution in [0.3, 0.4) is 0 Å². The van der Waals surface area contributed by atoms with Gasteiger partial charge in [0.2, 0.25) is 5.95 Å². The summed E-state index contributed by atoms with van der Waals surface area (Å²) in [5.74, 6) is -0.505. The van der Waals surface area contributed by atoms with Crippen LogP contribution in [0.4, 0.5) is 19.1 Å². The number of rotatable bonds is 3. The van der Waals surface area contributed by atoms with Gasteiger partial charge in [-0.3, -0.25) is 0 Å². The third-order valence-electron chi connectivity index (χ3n) is 3.78. The van der Waals surface area contributed by atoms with Crippen molar-refractivity contribution in [1.82, 2.24) is 14.8 Å². The van der Waals surface area contributed by atoms with Gasteiger partial charge < -0.3 is 10.1 Å². The van der Waals surface area contributed by atoms with Gasteiger partial charge in [0.05, 0.1) is 18.2 Å². The summed E-state index contributed by atoms with van der Waals surface area (Å²) in [7, 11) is 1.17. The van der Waals surface area contributed by atoms with E-state index in [9.17, 15) is 18.0 Å². The first kappa shape index (κ1) is 17.5. The summed E-state index contributed by atoms with van der Waals surface area (Å²) < 4.78 is 46.5. The number of benzene rings is 1. The molecule has 132 valence electrons. The summed E-state index contributed by atoms with van der Waals surface area (Å²) in [4.78, 5) is 16.3. The molecule has 10 heteroatoms. The van der Waals surface area contributed by atoms with E-state index in [0.717, 1.165) is 6.07 Å². The maximum atomic E-state index is 13.5. The molecule has 1 unspecified atom stereocenters. The highest BCUT2D eigenvalue weighted by Gasteiger charge is 2.41. The quantitative estimate of drug-likeness (QED) is 0.614. The second kappa shape index (κ2) is 6.51. The molecule has 1 aliphatic heterocycles. The van der Waals surface area contributed by atoms with Crippen molar-refractivity contribution in [1.29, 1.82) is 0 Å². The van der Waals surface area contributed by atoms with Crippen LogP contribution >= 0.6 is 15.9 Å². The Kier molecular flexibility index (Phi) is 4.55. The van der Waals surface area contributed by atoms with E-state index in [-0.39, 0.29) is 22.4 Å². The van der Waals surface area contributed by atoms with E-state index in [1.54, 1.807) is 0 Å². The second-order valence-corrected chi connectivity index (χ2v) is 5.72. The van der Waals surface area contributed by atoms with Crippen molar-refractivity contribution in [2.75, 3.05) is 17.8 Å². The van der Waals surface area contributed by atoms with Gasteiger partial charge in [-0.2, -0.15) is 23.3 Å². The van der Waals surface area contributed by atoms with E-state index in [1.807, 2.05) is 0 Å². The average molecular weight is 417 g/mol. The van der Waals surface area contributed by atoms with Gasteiger partial charge in [-0.25, -0.2) is 9.48 Å². The van der Waals surface area contributed by atoms with Crippen LogP contribution in [0.2, 0.25) is 0 Å². The zero-order valence-electron chi connectivity index (χ0n) is 12.8. The van der Waals surface area contributed by atoms with Gasteiger partial charge in [0.15, 0.2) is 0 Å². The van der Waals surface area contributed by atoms with E-state index in [4.69, 9.17) is 4.74 Å². The molecule has 0 radical (unpaired) electrons. The first-order valence-corrected chi connectivity index (χ1v) is 8.20. The molecular weight excluding hydrogens is 405 g/mol. The Morgan fingerprint density at radius 1 is 1.40 bits per heavy atom. The molecule has 0 aliphatic carbocycles. The summed E-state index contributed by atoms with van der Waals surface area (Å²) in [6.07, 6.45) is -3.38. The molecule has 0 fully saturated rings. The van der Waals surface area contributed by atoms with Crippen molar-refractivity contribution in [3.05, 3.63) is 53.0 Å². The minimum atomic E-state index is -4.59. The average Bonchev–Trinajstić information content (AvgIpc) is 3.06. The molecule has 1 aromatic heterocycles. The van der Waals surface area contributed by atoms with Gasteiger partial charge in [0.1, 0.15) is 12.4 Å². The summed E-state index contributed by atoms with van der Waals surface area (Å²) in [6, 6.07) is 3.95. The molecule has 2 aromatic rings. The number of nitrogens with one attached hydrogen (secondary N) is 1. The molecule has 1 aliphatic rings. The minimum Gasteiger partial charge on any atom is -0.466 e. The molecular formula is C15H12BrF3N4O2. The summed E-state index contributed by atoms with van der Waals surface area (Å²) in [6.45, 7) is 0. The molecule has 6 nitrogen and oxygen atoms in total. The number of hydrogen-bond acceptors (Lipinski definition) is 5. The standard InChI is InChI=1S/C15H12BrF3N4O2/c1-25-13(24)11-10(6-16)22-14-20-7-21-23(14)12(11)8-4-2-3-5-9(8)15(17,18)19/h2-5,7,12H,6H2,1H3,(H,20,21,22). The lowest BCUT2D eigenvalue weighted by Gasteiger charge is -2.30. The number of halogens is 4. The largest absolute Gasteiger partial charge is 0.466 e. The fourth-order valence-corrected chi connectivity index (χ4v) is 3.19. The Bertz CT molecular complexity index is 847. The number of nitrogens with zero attached hydrogens (tertiary/aromatic N) is 3. The van der Waals surface area contributed by atoms with E-state index in [2.05, 4.69) is 31.3 Å². The van der Waals surface area contributed by atoms with Crippen LogP contribution in [-0.2, 0) is 15.7 Å². The maximum Gasteiger partial charge on any atom is 0.416 e. The summed E-state index contributed by atoms with van der Waals surface area (Å²) in [5, 5.41) is 7.09. The highest BCUT2D eigenvalue weighted by molar-refractivity contribution is 9.09. The number of anilines is 1. The van der Waals surface area contributed by atoms with Crippen LogP contribution in [0.25, 0.3) is 0 Å². The summed E-state index contributed by atoms with van der Waals surface area (Å²) >= 11 is 3.24. The Labute approximate surface area is 148 Å². The molecule has 1 N–H and O–H groups in total. The Morgan fingerprint density at radius 2 is 2.12 bits per heavy atom. The molecule has 1 atom stereocenters. The fourth-order valence-electron chi connectivity index (χ4n) is 2.75. The van der Waals surface area contributed by atoms with Crippen molar-refractivity contribution in [3.63, 3.8) is 0 Å². The number of fused-ring (bicyclic) bond motifs is 1.